The molecule has 0 heterocycles. The van der Waals surface area contributed by atoms with Crippen molar-refractivity contribution in [1.29, 1.82) is 0 Å². The fourth-order valence-electron chi connectivity index (χ4n) is 5.51. The molecule has 1 aromatic carbocycles. The summed E-state index contributed by atoms with van der Waals surface area (Å²) in [6.07, 6.45) is 8.92. The maximum Gasteiger partial charge on any atom is 0.306 e. The van der Waals surface area contributed by atoms with Crippen LogP contribution in [0.2, 0.25) is 0 Å². The monoisotopic (exact) mass is 513 g/mol. The quantitative estimate of drug-likeness (QED) is 0.409. The second-order valence-electron chi connectivity index (χ2n) is 9.84. The number of nitrogens with one attached hydrogen (secondary N) is 1. The highest BCUT2D eigenvalue weighted by Gasteiger charge is 2.37. The molecule has 0 spiro atoms. The molecule has 3 unspecified atom stereocenters. The summed E-state index contributed by atoms with van der Waals surface area (Å²) in [5.41, 5.74) is 4.94. The Hall–Kier alpha value is -2.91. The van der Waals surface area contributed by atoms with E-state index in [-0.39, 0.29) is 24.8 Å². The van der Waals surface area contributed by atoms with Gasteiger partial charge in [-0.2, -0.15) is 0 Å². The molecule has 0 saturated heterocycles. The summed E-state index contributed by atoms with van der Waals surface area (Å²) in [6, 6.07) is 6.71. The summed E-state index contributed by atoms with van der Waals surface area (Å²) in [5, 5.41) is 10.4. The van der Waals surface area contributed by atoms with Crippen LogP contribution < -0.4 is 10.5 Å². The lowest BCUT2D eigenvalue weighted by Crippen LogP contribution is -2.44. The van der Waals surface area contributed by atoms with E-state index in [0.29, 0.717) is 17.4 Å². The molecule has 0 bridgehead atoms. The third-order valence-electron chi connectivity index (χ3n) is 7.39. The Morgan fingerprint density at radius 1 is 1.14 bits per heavy atom. The first-order valence-corrected chi connectivity index (χ1v) is 14.2. The van der Waals surface area contributed by atoms with Crippen LogP contribution in [0.3, 0.4) is 0 Å². The number of esters is 1. The van der Waals surface area contributed by atoms with Gasteiger partial charge in [-0.15, -0.1) is 0 Å². The largest absolute Gasteiger partial charge is 0.469 e. The molecule has 2 amide bonds. The van der Waals surface area contributed by atoms with E-state index in [0.717, 1.165) is 49.5 Å². The molecule has 3 aliphatic rings. The third-order valence-corrected chi connectivity index (χ3v) is 8.96. The van der Waals surface area contributed by atoms with Crippen molar-refractivity contribution < 1.29 is 23.3 Å². The maximum atomic E-state index is 13.2. The van der Waals surface area contributed by atoms with E-state index in [2.05, 4.69) is 16.1 Å². The number of hydrogen-bond donors (Lipinski definition) is 2. The number of nitrogens with zero attached hydrogens (tertiary/aromatic N) is 1. The molecule has 1 aromatic rings. The van der Waals surface area contributed by atoms with E-state index in [1.54, 1.807) is 31.3 Å². The zero-order chi connectivity index (χ0) is 25.9. The Labute approximate surface area is 213 Å². The summed E-state index contributed by atoms with van der Waals surface area (Å²) in [5.74, 6) is -0.678. The van der Waals surface area contributed by atoms with Gasteiger partial charge < -0.3 is 15.0 Å². The van der Waals surface area contributed by atoms with E-state index in [4.69, 9.17) is 5.14 Å². The second-order valence-corrected chi connectivity index (χ2v) is 11.8. The smallest absolute Gasteiger partial charge is 0.306 e. The highest BCUT2D eigenvalue weighted by molar-refractivity contribution is 8.00. The number of amides is 2. The van der Waals surface area contributed by atoms with Crippen LogP contribution in [0, 0.1) is 5.92 Å². The number of hydrogen-bond acceptors (Lipinski definition) is 5. The van der Waals surface area contributed by atoms with Gasteiger partial charge in [0, 0.05) is 30.8 Å². The lowest BCUT2D eigenvalue weighted by atomic mass is 9.81. The number of methoxy groups -OCH3 is 1. The van der Waals surface area contributed by atoms with Crippen molar-refractivity contribution >= 4 is 32.9 Å². The number of allylic oxidation sites excluding steroid dienone is 2. The third kappa shape index (κ3) is 5.90. The highest BCUT2D eigenvalue weighted by atomic mass is 32.2. The number of rotatable bonds is 8. The lowest BCUT2D eigenvalue weighted by molar-refractivity contribution is -0.143. The lowest BCUT2D eigenvalue weighted by Gasteiger charge is -2.31. The number of carbonyl (C=O) groups excluding carboxylic acids is 3. The molecule has 194 valence electrons. The van der Waals surface area contributed by atoms with Crippen molar-refractivity contribution in [3.63, 3.8) is 0 Å². The number of fused-ring (bicyclic) bond motifs is 1. The minimum atomic E-state index is -3.19. The molecule has 4 rings (SSSR count). The molecule has 3 atom stereocenters. The molecule has 1 saturated carbocycles. The van der Waals surface area contributed by atoms with Gasteiger partial charge in [0.05, 0.1) is 34.6 Å². The first-order valence-electron chi connectivity index (χ1n) is 12.5. The summed E-state index contributed by atoms with van der Waals surface area (Å²) >= 11 is 0. The number of carbonyl (C=O) groups is 3. The minimum Gasteiger partial charge on any atom is -0.469 e. The predicted molar refractivity (Wildman–Crippen MR) is 139 cm³/mol. The van der Waals surface area contributed by atoms with Crippen LogP contribution >= 0.6 is 0 Å². The standard InChI is InChI=1S/C27H35N3O5S/c1-30(25(32)13-14-26(33)35-2)16-18-9-11-21(12-10-18)36(28,34)17-24(31)29-27-22-7-3-5-19(22)15-20-6-4-8-23(20)27/h9-12,15,17,22,27H,3-8,13-14,16H2,1-2H3,(H2,28,34)(H,29,31). The molecule has 3 aliphatic carbocycles. The Morgan fingerprint density at radius 2 is 1.89 bits per heavy atom. The van der Waals surface area contributed by atoms with Crippen LogP contribution in [0.5, 0.6) is 0 Å². The van der Waals surface area contributed by atoms with E-state index in [1.807, 2.05) is 0 Å². The van der Waals surface area contributed by atoms with Gasteiger partial charge in [0.15, 0.2) is 0 Å². The molecule has 0 aromatic heterocycles. The highest BCUT2D eigenvalue weighted by Crippen LogP contribution is 2.45. The van der Waals surface area contributed by atoms with Gasteiger partial charge in [0.1, 0.15) is 0 Å². The van der Waals surface area contributed by atoms with Crippen molar-refractivity contribution in [1.82, 2.24) is 10.2 Å². The van der Waals surface area contributed by atoms with E-state index in [1.165, 1.54) is 28.7 Å². The van der Waals surface area contributed by atoms with Crippen LogP contribution in [0.1, 0.15) is 56.9 Å². The fourth-order valence-corrected chi connectivity index (χ4v) is 6.59. The zero-order valence-corrected chi connectivity index (χ0v) is 21.8. The Bertz CT molecular complexity index is 1220. The number of ether oxygens (including phenoxy) is 1. The van der Waals surface area contributed by atoms with E-state index < -0.39 is 21.6 Å². The van der Waals surface area contributed by atoms with Crippen LogP contribution in [0.15, 0.2) is 52.0 Å². The average molecular weight is 514 g/mol. The number of benzene rings is 1. The topological polar surface area (TPSA) is 119 Å². The molecular weight excluding hydrogens is 478 g/mol. The van der Waals surface area contributed by atoms with E-state index in [9.17, 15) is 18.6 Å². The minimum absolute atomic E-state index is 0.0291. The summed E-state index contributed by atoms with van der Waals surface area (Å²) in [6.45, 7) is 0.326. The van der Waals surface area contributed by atoms with Crippen molar-refractivity contribution in [2.45, 2.75) is 68.8 Å². The average Bonchev–Trinajstić information content (AvgIpc) is 3.51. The van der Waals surface area contributed by atoms with Gasteiger partial charge >= 0.3 is 5.97 Å². The van der Waals surface area contributed by atoms with Crippen molar-refractivity contribution in [2.75, 3.05) is 14.2 Å². The Kier molecular flexibility index (Phi) is 8.00. The van der Waals surface area contributed by atoms with Crippen molar-refractivity contribution in [3.8, 4) is 0 Å². The Morgan fingerprint density at radius 3 is 2.61 bits per heavy atom. The second kappa shape index (κ2) is 11.0. The van der Waals surface area contributed by atoms with Gasteiger partial charge in [-0.3, -0.25) is 19.5 Å². The molecule has 0 aliphatic heterocycles. The van der Waals surface area contributed by atoms with Gasteiger partial charge in [0.25, 0.3) is 5.91 Å². The van der Waals surface area contributed by atoms with Crippen molar-refractivity contribution in [3.05, 3.63) is 52.6 Å². The van der Waals surface area contributed by atoms with Gasteiger partial charge in [-0.25, -0.2) is 4.21 Å². The molecule has 0 radical (unpaired) electrons. The molecule has 1 fully saturated rings. The summed E-state index contributed by atoms with van der Waals surface area (Å²) in [4.78, 5) is 38.3. The van der Waals surface area contributed by atoms with Gasteiger partial charge in [0.2, 0.25) is 5.91 Å². The molecular formula is C27H35N3O5S. The molecule has 8 nitrogen and oxygen atoms in total. The van der Waals surface area contributed by atoms with Gasteiger partial charge in [-0.1, -0.05) is 23.8 Å². The van der Waals surface area contributed by atoms with Crippen LogP contribution in [0.4, 0.5) is 0 Å². The molecule has 9 heteroatoms. The first-order chi connectivity index (χ1) is 17.2. The zero-order valence-electron chi connectivity index (χ0n) is 21.0. The van der Waals surface area contributed by atoms with Crippen LogP contribution in [-0.4, -0.2) is 52.5 Å². The fraction of sp³-hybridized carbons (Fsp3) is 0.481. The summed E-state index contributed by atoms with van der Waals surface area (Å²) in [7, 11) is -0.247. The van der Waals surface area contributed by atoms with Crippen LogP contribution in [-0.2, 0) is 35.4 Å². The first kappa shape index (κ1) is 26.2. The van der Waals surface area contributed by atoms with Crippen molar-refractivity contribution in [2.24, 2.45) is 11.1 Å². The summed E-state index contributed by atoms with van der Waals surface area (Å²) < 4.78 is 17.8. The number of nitrogens with two attached hydrogens (primary N) is 1. The maximum absolute atomic E-state index is 13.2. The van der Waals surface area contributed by atoms with E-state index >= 15 is 0 Å². The van der Waals surface area contributed by atoms with Crippen LogP contribution in [0.25, 0.3) is 0 Å². The SMILES string of the molecule is COC(=O)CCC(=O)N(C)Cc1ccc(S(N)(=O)=CC(=O)NC2C3=C(C=C4CCCC42)CCC3)cc1. The van der Waals surface area contributed by atoms with Gasteiger partial charge in [-0.05, 0) is 67.4 Å². The molecule has 3 N–H and O–H groups in total. The normalized spacial score (nSPS) is 22.1. The Balaban J connectivity index is 1.40. The predicted octanol–water partition coefficient (Wildman–Crippen LogP) is 2.62. The molecule has 36 heavy (non-hydrogen) atoms.